The first-order valence-electron chi connectivity index (χ1n) is 7.77. The van der Waals surface area contributed by atoms with Gasteiger partial charge in [-0.2, -0.15) is 0 Å². The smallest absolute Gasteiger partial charge is 0.317 e. The highest BCUT2D eigenvalue weighted by Crippen LogP contribution is 2.24. The van der Waals surface area contributed by atoms with Crippen molar-refractivity contribution in [1.82, 2.24) is 9.80 Å². The molecule has 0 aliphatic carbocycles. The van der Waals surface area contributed by atoms with E-state index in [9.17, 15) is 9.59 Å². The fraction of sp³-hybridized carbons (Fsp3) is 0.529. The number of halogens is 1. The molecule has 126 valence electrons. The Hall–Kier alpha value is -1.59. The van der Waals surface area contributed by atoms with Crippen LogP contribution in [-0.2, 0) is 4.79 Å². The molecule has 1 saturated heterocycles. The second-order valence-electron chi connectivity index (χ2n) is 6.25. The number of carboxylic acid groups (broad SMARTS) is 1. The minimum atomic E-state index is -0.826. The fourth-order valence-electron chi connectivity index (χ4n) is 2.97. The van der Waals surface area contributed by atoms with Crippen molar-refractivity contribution in [3.8, 4) is 0 Å². The number of aryl methyl sites for hydroxylation is 2. The van der Waals surface area contributed by atoms with Crippen LogP contribution in [0.4, 0.5) is 0 Å². The van der Waals surface area contributed by atoms with E-state index in [-0.39, 0.29) is 18.5 Å². The maximum atomic E-state index is 12.7. The monoisotopic (exact) mass is 338 g/mol. The molecule has 23 heavy (non-hydrogen) atoms. The summed E-state index contributed by atoms with van der Waals surface area (Å²) in [5, 5.41) is 9.35. The molecule has 0 spiro atoms. The SMILES string of the molecule is Cc1cc(Cl)c(C(=O)N2CCC(N(C)CC(=O)O)CC2)cc1C. The number of carbonyl (C=O) groups excluding carboxylic acids is 1. The van der Waals surface area contributed by atoms with Gasteiger partial charge < -0.3 is 10.0 Å². The van der Waals surface area contributed by atoms with Gasteiger partial charge >= 0.3 is 5.97 Å². The van der Waals surface area contributed by atoms with Gasteiger partial charge in [-0.15, -0.1) is 0 Å². The number of likely N-dealkylation sites (N-methyl/N-ethyl adjacent to an activating group) is 1. The maximum absolute atomic E-state index is 12.7. The Kier molecular flexibility index (Phi) is 5.65. The number of rotatable bonds is 4. The van der Waals surface area contributed by atoms with Gasteiger partial charge in [-0.05, 0) is 57.0 Å². The Balaban J connectivity index is 2.01. The molecule has 0 aromatic heterocycles. The van der Waals surface area contributed by atoms with Crippen LogP contribution in [0.15, 0.2) is 12.1 Å². The van der Waals surface area contributed by atoms with Gasteiger partial charge in [-0.25, -0.2) is 0 Å². The fourth-order valence-corrected chi connectivity index (χ4v) is 3.27. The summed E-state index contributed by atoms with van der Waals surface area (Å²) >= 11 is 6.23. The Morgan fingerprint density at radius 2 is 1.83 bits per heavy atom. The Morgan fingerprint density at radius 1 is 1.26 bits per heavy atom. The predicted octanol–water partition coefficient (Wildman–Crippen LogP) is 2.58. The van der Waals surface area contributed by atoms with E-state index in [0.29, 0.717) is 23.7 Å². The van der Waals surface area contributed by atoms with Gasteiger partial charge in [0.05, 0.1) is 17.1 Å². The van der Waals surface area contributed by atoms with E-state index in [1.54, 1.807) is 4.90 Å². The molecule has 1 aliphatic heterocycles. The molecular weight excluding hydrogens is 316 g/mol. The molecule has 0 saturated carbocycles. The van der Waals surface area contributed by atoms with Crippen molar-refractivity contribution in [2.45, 2.75) is 32.7 Å². The van der Waals surface area contributed by atoms with E-state index in [2.05, 4.69) is 0 Å². The highest BCUT2D eigenvalue weighted by atomic mass is 35.5. The van der Waals surface area contributed by atoms with Crippen LogP contribution in [0.2, 0.25) is 5.02 Å². The Bertz CT molecular complexity index is 610. The first kappa shape index (κ1) is 17.8. The summed E-state index contributed by atoms with van der Waals surface area (Å²) in [7, 11) is 1.82. The van der Waals surface area contributed by atoms with Crippen LogP contribution in [0.1, 0.15) is 34.3 Å². The number of carboxylic acids is 1. The van der Waals surface area contributed by atoms with Gasteiger partial charge in [-0.3, -0.25) is 14.5 Å². The van der Waals surface area contributed by atoms with Crippen molar-refractivity contribution in [1.29, 1.82) is 0 Å². The van der Waals surface area contributed by atoms with Crippen molar-refractivity contribution in [2.24, 2.45) is 0 Å². The zero-order valence-corrected chi connectivity index (χ0v) is 14.6. The summed E-state index contributed by atoms with van der Waals surface area (Å²) in [4.78, 5) is 27.1. The minimum absolute atomic E-state index is 0.0294. The summed E-state index contributed by atoms with van der Waals surface area (Å²) in [5.41, 5.74) is 2.67. The molecular formula is C17H23ClN2O3. The number of hydrogen-bond donors (Lipinski definition) is 1. The van der Waals surface area contributed by atoms with Crippen molar-refractivity contribution in [3.63, 3.8) is 0 Å². The molecule has 0 atom stereocenters. The number of aliphatic carboxylic acids is 1. The van der Waals surface area contributed by atoms with E-state index < -0.39 is 5.97 Å². The first-order valence-corrected chi connectivity index (χ1v) is 8.15. The van der Waals surface area contributed by atoms with E-state index in [1.165, 1.54) is 0 Å². The van der Waals surface area contributed by atoms with Crippen LogP contribution in [0.5, 0.6) is 0 Å². The lowest BCUT2D eigenvalue weighted by Crippen LogP contribution is -2.46. The zero-order valence-electron chi connectivity index (χ0n) is 13.8. The van der Waals surface area contributed by atoms with E-state index in [0.717, 1.165) is 24.0 Å². The third-order valence-corrected chi connectivity index (χ3v) is 4.89. The lowest BCUT2D eigenvalue weighted by Gasteiger charge is -2.36. The average Bonchev–Trinajstić information content (AvgIpc) is 2.49. The number of nitrogens with zero attached hydrogens (tertiary/aromatic N) is 2. The lowest BCUT2D eigenvalue weighted by atomic mass is 10.0. The molecule has 0 radical (unpaired) electrons. The third kappa shape index (κ3) is 4.24. The molecule has 6 heteroatoms. The topological polar surface area (TPSA) is 60.9 Å². The van der Waals surface area contributed by atoms with E-state index in [1.807, 2.05) is 37.9 Å². The minimum Gasteiger partial charge on any atom is -0.480 e. The number of carbonyl (C=O) groups is 2. The van der Waals surface area contributed by atoms with Gasteiger partial charge in [0, 0.05) is 19.1 Å². The van der Waals surface area contributed by atoms with Gasteiger partial charge in [0.25, 0.3) is 5.91 Å². The van der Waals surface area contributed by atoms with Gasteiger partial charge in [-0.1, -0.05) is 11.6 Å². The van der Waals surface area contributed by atoms with E-state index in [4.69, 9.17) is 16.7 Å². The number of hydrogen-bond acceptors (Lipinski definition) is 3. The number of likely N-dealkylation sites (tertiary alicyclic amines) is 1. The van der Waals surface area contributed by atoms with Gasteiger partial charge in [0.15, 0.2) is 0 Å². The number of piperidine rings is 1. The molecule has 1 aromatic carbocycles. The van der Waals surface area contributed by atoms with Crippen molar-refractivity contribution in [2.75, 3.05) is 26.7 Å². The summed E-state index contributed by atoms with van der Waals surface area (Å²) in [6.45, 7) is 5.21. The molecule has 1 aromatic rings. The van der Waals surface area contributed by atoms with Crippen LogP contribution in [0, 0.1) is 13.8 Å². The molecule has 1 aliphatic rings. The highest BCUT2D eigenvalue weighted by molar-refractivity contribution is 6.34. The normalized spacial score (nSPS) is 16.0. The third-order valence-electron chi connectivity index (χ3n) is 4.57. The van der Waals surface area contributed by atoms with Crippen molar-refractivity contribution >= 4 is 23.5 Å². The molecule has 5 nitrogen and oxygen atoms in total. The number of benzene rings is 1. The Morgan fingerprint density at radius 3 is 2.39 bits per heavy atom. The predicted molar refractivity (Wildman–Crippen MR) is 90.1 cm³/mol. The lowest BCUT2D eigenvalue weighted by molar-refractivity contribution is -0.138. The summed E-state index contributed by atoms with van der Waals surface area (Å²) < 4.78 is 0. The molecule has 1 fully saturated rings. The standard InChI is InChI=1S/C17H23ClN2O3/c1-11-8-14(15(18)9-12(11)2)17(23)20-6-4-13(5-7-20)19(3)10-16(21)22/h8-9,13H,4-7,10H2,1-3H3,(H,21,22). The van der Waals surface area contributed by atoms with Crippen LogP contribution >= 0.6 is 11.6 Å². The van der Waals surface area contributed by atoms with Crippen molar-refractivity contribution in [3.05, 3.63) is 33.8 Å². The molecule has 1 heterocycles. The largest absolute Gasteiger partial charge is 0.480 e. The molecule has 1 N–H and O–H groups in total. The highest BCUT2D eigenvalue weighted by Gasteiger charge is 2.27. The Labute approximate surface area is 141 Å². The van der Waals surface area contributed by atoms with Crippen LogP contribution in [0.3, 0.4) is 0 Å². The number of amides is 1. The van der Waals surface area contributed by atoms with E-state index >= 15 is 0 Å². The maximum Gasteiger partial charge on any atom is 0.317 e. The summed E-state index contributed by atoms with van der Waals surface area (Å²) in [6, 6.07) is 3.88. The zero-order chi connectivity index (χ0) is 17.1. The summed E-state index contributed by atoms with van der Waals surface area (Å²) in [6.07, 6.45) is 1.55. The second kappa shape index (κ2) is 7.32. The van der Waals surface area contributed by atoms with Crippen LogP contribution in [0.25, 0.3) is 0 Å². The van der Waals surface area contributed by atoms with Gasteiger partial charge in [0.2, 0.25) is 0 Å². The van der Waals surface area contributed by atoms with Crippen LogP contribution < -0.4 is 0 Å². The molecule has 0 bridgehead atoms. The summed E-state index contributed by atoms with van der Waals surface area (Å²) in [5.74, 6) is -0.870. The second-order valence-corrected chi connectivity index (χ2v) is 6.66. The average molecular weight is 339 g/mol. The first-order chi connectivity index (χ1) is 10.8. The van der Waals surface area contributed by atoms with Crippen molar-refractivity contribution < 1.29 is 14.7 Å². The molecule has 2 rings (SSSR count). The van der Waals surface area contributed by atoms with Gasteiger partial charge in [0.1, 0.15) is 0 Å². The quantitative estimate of drug-likeness (QED) is 0.916. The molecule has 0 unspecified atom stereocenters. The van der Waals surface area contributed by atoms with Crippen LogP contribution in [-0.4, -0.2) is 59.5 Å². The molecule has 1 amide bonds.